The SMILES string of the molecule is COc1cccc2c1C(=O)c1c(O)c3c(c(O)c1C2=O)C[C@@](O)(/C(C)=N\NC=O)C[C@@H]3OC1CC(N)C(O)C(C)O1.Cl. The number of nitrogens with two attached hydrogens (primary N) is 1. The number of fused-ring (bicyclic) bond motifs is 3. The second kappa shape index (κ2) is 11.6. The van der Waals surface area contributed by atoms with Crippen molar-refractivity contribution in [2.75, 3.05) is 7.11 Å². The molecule has 226 valence electrons. The third-order valence-corrected chi connectivity index (χ3v) is 8.10. The van der Waals surface area contributed by atoms with Gasteiger partial charge in [0.1, 0.15) is 22.8 Å². The normalized spacial score (nSPS) is 28.6. The van der Waals surface area contributed by atoms with Gasteiger partial charge in [-0.15, -0.1) is 12.4 Å². The zero-order valence-electron chi connectivity index (χ0n) is 23.0. The molecule has 0 saturated carbocycles. The van der Waals surface area contributed by atoms with Crippen LogP contribution in [0, 0.1) is 0 Å². The molecule has 3 aliphatic rings. The number of hydrogen-bond acceptors (Lipinski definition) is 12. The van der Waals surface area contributed by atoms with Crippen LogP contribution in [-0.2, 0) is 20.7 Å². The molecule has 0 bridgehead atoms. The molecule has 0 spiro atoms. The summed E-state index contributed by atoms with van der Waals surface area (Å²) < 4.78 is 17.3. The molecule has 42 heavy (non-hydrogen) atoms. The molecule has 0 radical (unpaired) electrons. The van der Waals surface area contributed by atoms with Crippen LogP contribution in [0.1, 0.15) is 75.8 Å². The zero-order chi connectivity index (χ0) is 29.8. The molecular formula is C28H32ClN3O10. The van der Waals surface area contributed by atoms with Crippen LogP contribution in [-0.4, -0.2) is 81.4 Å². The summed E-state index contributed by atoms with van der Waals surface area (Å²) in [7, 11) is 1.34. The van der Waals surface area contributed by atoms with Crippen molar-refractivity contribution in [1.29, 1.82) is 0 Å². The minimum Gasteiger partial charge on any atom is -0.507 e. The molecule has 7 N–H and O–H groups in total. The first-order valence-electron chi connectivity index (χ1n) is 13.0. The van der Waals surface area contributed by atoms with E-state index in [1.54, 1.807) is 6.92 Å². The van der Waals surface area contributed by atoms with Crippen molar-refractivity contribution in [1.82, 2.24) is 5.43 Å². The molecule has 1 saturated heterocycles. The Hall–Kier alpha value is -3.59. The first kappa shape index (κ1) is 31.3. The lowest BCUT2D eigenvalue weighted by Gasteiger charge is -2.42. The smallest absolute Gasteiger partial charge is 0.227 e. The Balaban J connectivity index is 0.00000405. The number of phenols is 2. The van der Waals surface area contributed by atoms with Gasteiger partial charge in [-0.1, -0.05) is 12.1 Å². The minimum atomic E-state index is -1.82. The molecule has 0 aromatic heterocycles. The number of ketones is 2. The van der Waals surface area contributed by atoms with E-state index >= 15 is 0 Å². The monoisotopic (exact) mass is 605 g/mol. The first-order chi connectivity index (χ1) is 19.4. The molecule has 4 unspecified atom stereocenters. The summed E-state index contributed by atoms with van der Waals surface area (Å²) in [5.74, 6) is -2.52. The number of halogens is 1. The van der Waals surface area contributed by atoms with Crippen LogP contribution in [0.3, 0.4) is 0 Å². The third kappa shape index (κ3) is 4.91. The average molecular weight is 606 g/mol. The summed E-state index contributed by atoms with van der Waals surface area (Å²) in [5, 5.41) is 48.9. The van der Waals surface area contributed by atoms with Gasteiger partial charge in [-0.05, 0) is 19.9 Å². The number of methoxy groups -OCH3 is 1. The minimum absolute atomic E-state index is 0. The van der Waals surface area contributed by atoms with Gasteiger partial charge < -0.3 is 40.4 Å². The van der Waals surface area contributed by atoms with E-state index < -0.39 is 70.4 Å². The highest BCUT2D eigenvalue weighted by molar-refractivity contribution is 6.31. The summed E-state index contributed by atoms with van der Waals surface area (Å²) in [4.78, 5) is 38.2. The van der Waals surface area contributed by atoms with Crippen LogP contribution >= 0.6 is 12.4 Å². The summed E-state index contributed by atoms with van der Waals surface area (Å²) >= 11 is 0. The van der Waals surface area contributed by atoms with Crippen molar-refractivity contribution in [2.45, 2.75) is 69.4 Å². The van der Waals surface area contributed by atoms with Crippen LogP contribution in [0.15, 0.2) is 23.3 Å². The molecule has 2 aromatic carbocycles. The highest BCUT2D eigenvalue weighted by atomic mass is 35.5. The van der Waals surface area contributed by atoms with Crippen LogP contribution in [0.4, 0.5) is 0 Å². The van der Waals surface area contributed by atoms with Gasteiger partial charge in [0.25, 0.3) is 0 Å². The van der Waals surface area contributed by atoms with Crippen molar-refractivity contribution in [3.63, 3.8) is 0 Å². The number of carbonyl (C=O) groups is 3. The van der Waals surface area contributed by atoms with E-state index in [0.717, 1.165) is 0 Å². The fraction of sp³-hybridized carbons (Fsp3) is 0.429. The second-order valence-electron chi connectivity index (χ2n) is 10.5. The van der Waals surface area contributed by atoms with Crippen LogP contribution < -0.4 is 15.9 Å². The van der Waals surface area contributed by atoms with E-state index in [2.05, 4.69) is 10.5 Å². The van der Waals surface area contributed by atoms with E-state index in [4.69, 9.17) is 19.9 Å². The molecule has 2 aromatic rings. The molecule has 6 atom stereocenters. The van der Waals surface area contributed by atoms with Crippen LogP contribution in [0.2, 0.25) is 0 Å². The van der Waals surface area contributed by atoms with Gasteiger partial charge in [-0.25, -0.2) is 5.43 Å². The zero-order valence-corrected chi connectivity index (χ0v) is 23.8. The summed E-state index contributed by atoms with van der Waals surface area (Å²) in [6, 6.07) is 3.75. The van der Waals surface area contributed by atoms with Crippen molar-refractivity contribution in [3.05, 3.63) is 51.6 Å². The first-order valence-corrected chi connectivity index (χ1v) is 13.0. The van der Waals surface area contributed by atoms with Gasteiger partial charge in [0, 0.05) is 42.0 Å². The Morgan fingerprint density at radius 3 is 2.52 bits per heavy atom. The largest absolute Gasteiger partial charge is 0.507 e. The number of phenolic OH excluding ortho intramolecular Hbond substituents is 2. The lowest BCUT2D eigenvalue weighted by atomic mass is 9.72. The number of aromatic hydroxyl groups is 2. The topological polar surface area (TPSA) is 210 Å². The van der Waals surface area contributed by atoms with E-state index in [0.29, 0.717) is 6.41 Å². The Morgan fingerprint density at radius 1 is 1.19 bits per heavy atom. The predicted octanol–water partition coefficient (Wildman–Crippen LogP) is 0.984. The Labute approximate surface area is 246 Å². The molecule has 2 aliphatic carbocycles. The quantitative estimate of drug-likeness (QED) is 0.101. The van der Waals surface area contributed by atoms with Crippen LogP contribution in [0.25, 0.3) is 0 Å². The maximum absolute atomic E-state index is 13.7. The number of hydrazone groups is 1. The maximum atomic E-state index is 13.7. The second-order valence-corrected chi connectivity index (χ2v) is 10.5. The fourth-order valence-electron chi connectivity index (χ4n) is 5.89. The molecule has 1 amide bonds. The van der Waals surface area contributed by atoms with Crippen molar-refractivity contribution >= 4 is 36.1 Å². The van der Waals surface area contributed by atoms with Crippen molar-refractivity contribution in [2.24, 2.45) is 10.8 Å². The number of amides is 1. The highest BCUT2D eigenvalue weighted by Gasteiger charge is 2.49. The van der Waals surface area contributed by atoms with E-state index in [1.807, 2.05) is 0 Å². The molecule has 1 fully saturated rings. The molecule has 14 heteroatoms. The fourth-order valence-corrected chi connectivity index (χ4v) is 5.89. The lowest BCUT2D eigenvalue weighted by Crippen LogP contribution is -2.52. The summed E-state index contributed by atoms with van der Waals surface area (Å²) in [6.45, 7) is 3.07. The van der Waals surface area contributed by atoms with Crippen molar-refractivity contribution in [3.8, 4) is 17.2 Å². The van der Waals surface area contributed by atoms with Crippen molar-refractivity contribution < 1.29 is 49.0 Å². The Morgan fingerprint density at radius 2 is 1.88 bits per heavy atom. The maximum Gasteiger partial charge on any atom is 0.227 e. The number of rotatable bonds is 6. The standard InChI is InChI=1S/C28H31N3O10.ClH/c1-11-23(33)15(29)7-18(40-11)41-17-9-28(38,12(2)31-30-10-32)8-14-20(17)27(37)22-21(25(14)35)24(34)13-5-4-6-16(39-3)19(13)26(22)36;/h4-6,10-11,15,17-18,23,33,35,37-38H,7-9,29H2,1-3H3,(H,30,32);1H/b31-12-;/t11?,15?,17-,18?,23?,28-;/m0./s1. The Bertz CT molecular complexity index is 1470. The molecule has 1 heterocycles. The number of nitrogens with zero attached hydrogens (tertiary/aromatic N) is 1. The van der Waals surface area contributed by atoms with Gasteiger partial charge in [0.05, 0.1) is 47.8 Å². The highest BCUT2D eigenvalue weighted by Crippen LogP contribution is 2.52. The number of nitrogens with one attached hydrogen (secondary N) is 1. The summed E-state index contributed by atoms with van der Waals surface area (Å²) in [6.07, 6.45) is -4.04. The van der Waals surface area contributed by atoms with Gasteiger partial charge in [-0.3, -0.25) is 14.4 Å². The van der Waals surface area contributed by atoms with Gasteiger partial charge in [0.15, 0.2) is 12.1 Å². The molecule has 13 nitrogen and oxygen atoms in total. The lowest BCUT2D eigenvalue weighted by molar-refractivity contribution is -0.245. The Kier molecular flexibility index (Phi) is 8.65. The molecule has 1 aliphatic heterocycles. The average Bonchev–Trinajstić information content (AvgIpc) is 2.94. The van der Waals surface area contributed by atoms with E-state index in [9.17, 15) is 34.8 Å². The third-order valence-electron chi connectivity index (χ3n) is 8.10. The number of ether oxygens (including phenoxy) is 3. The van der Waals surface area contributed by atoms with E-state index in [1.165, 1.54) is 32.2 Å². The molecular weight excluding hydrogens is 574 g/mol. The summed E-state index contributed by atoms with van der Waals surface area (Å²) in [5.41, 5.74) is 5.48. The number of hydrogen-bond donors (Lipinski definition) is 6. The van der Waals surface area contributed by atoms with Crippen LogP contribution in [0.5, 0.6) is 17.2 Å². The van der Waals surface area contributed by atoms with Gasteiger partial charge >= 0.3 is 0 Å². The molecule has 5 rings (SSSR count). The van der Waals surface area contributed by atoms with Gasteiger partial charge in [0.2, 0.25) is 12.2 Å². The predicted molar refractivity (Wildman–Crippen MR) is 149 cm³/mol. The number of carbonyl (C=O) groups excluding carboxylic acids is 3. The van der Waals surface area contributed by atoms with Gasteiger partial charge in [-0.2, -0.15) is 5.10 Å². The number of aliphatic hydroxyl groups is 2. The number of aliphatic hydroxyl groups excluding tert-OH is 1. The van der Waals surface area contributed by atoms with E-state index in [-0.39, 0.29) is 65.4 Å². The number of benzene rings is 2.